The molecule has 1 rings (SSSR count). The quantitative estimate of drug-likeness (QED) is 0.877. The molecule has 0 aliphatic carbocycles. The summed E-state index contributed by atoms with van der Waals surface area (Å²) in [5.41, 5.74) is 0.652. The van der Waals surface area contributed by atoms with Gasteiger partial charge in [-0.05, 0) is 21.5 Å². The fourth-order valence-electron chi connectivity index (χ4n) is 0.868. The van der Waals surface area contributed by atoms with E-state index in [2.05, 4.69) is 20.9 Å². The zero-order valence-electron chi connectivity index (χ0n) is 6.95. The number of rotatable bonds is 3. The summed E-state index contributed by atoms with van der Waals surface area (Å²) in [6.45, 7) is 0. The molecule has 13 heavy (non-hydrogen) atoms. The molecule has 5 heteroatoms. The summed E-state index contributed by atoms with van der Waals surface area (Å²) in [4.78, 5) is 14.3. The number of carboxylic acids is 1. The molecule has 1 aromatic rings. The zero-order valence-corrected chi connectivity index (χ0v) is 8.54. The molecule has 1 N–H and O–H groups in total. The van der Waals surface area contributed by atoms with Crippen LogP contribution >= 0.6 is 15.9 Å². The molecular formula is C8H8BrNO3. The Hall–Kier alpha value is -1.10. The molecule has 0 atom stereocenters. The van der Waals surface area contributed by atoms with Gasteiger partial charge in [-0.25, -0.2) is 4.98 Å². The fraction of sp³-hybridized carbons (Fsp3) is 0.250. The molecule has 1 heterocycles. The van der Waals surface area contributed by atoms with Gasteiger partial charge in [0.1, 0.15) is 0 Å². The van der Waals surface area contributed by atoms with Crippen LogP contribution in [0.2, 0.25) is 0 Å². The average Bonchev–Trinajstić information content (AvgIpc) is 2.08. The third kappa shape index (κ3) is 2.69. The number of methoxy groups -OCH3 is 1. The van der Waals surface area contributed by atoms with Crippen LogP contribution in [0, 0.1) is 0 Å². The summed E-state index contributed by atoms with van der Waals surface area (Å²) < 4.78 is 5.54. The Bertz CT molecular complexity index is 327. The summed E-state index contributed by atoms with van der Waals surface area (Å²) >= 11 is 3.21. The van der Waals surface area contributed by atoms with Crippen LogP contribution < -0.4 is 4.74 Å². The molecule has 0 radical (unpaired) electrons. The molecule has 0 spiro atoms. The lowest BCUT2D eigenvalue weighted by Crippen LogP contribution is -2.01. The van der Waals surface area contributed by atoms with Crippen LogP contribution in [0.4, 0.5) is 0 Å². The first-order valence-electron chi connectivity index (χ1n) is 3.53. The molecular weight excluding hydrogens is 238 g/mol. The second-order valence-corrected chi connectivity index (χ2v) is 3.24. The number of carboxylic acid groups (broad SMARTS) is 1. The number of nitrogens with zero attached hydrogens (tertiary/aromatic N) is 1. The van der Waals surface area contributed by atoms with Crippen molar-refractivity contribution in [2.45, 2.75) is 6.42 Å². The Morgan fingerprint density at radius 1 is 1.77 bits per heavy atom. The number of ether oxygens (including phenoxy) is 1. The molecule has 70 valence electrons. The number of pyridine rings is 1. The summed E-state index contributed by atoms with van der Waals surface area (Å²) in [7, 11) is 1.49. The molecule has 1 aromatic heterocycles. The van der Waals surface area contributed by atoms with E-state index in [1.54, 1.807) is 6.07 Å². The fourth-order valence-corrected chi connectivity index (χ4v) is 1.23. The van der Waals surface area contributed by atoms with Crippen LogP contribution in [0.3, 0.4) is 0 Å². The van der Waals surface area contributed by atoms with Crippen LogP contribution in [0.25, 0.3) is 0 Å². The Morgan fingerprint density at radius 3 is 3.00 bits per heavy atom. The van der Waals surface area contributed by atoms with Gasteiger partial charge in [0.05, 0.1) is 13.5 Å². The van der Waals surface area contributed by atoms with Crippen LogP contribution in [0.5, 0.6) is 5.88 Å². The second-order valence-electron chi connectivity index (χ2n) is 2.39. The molecule has 0 unspecified atom stereocenters. The van der Waals surface area contributed by atoms with Gasteiger partial charge in [-0.1, -0.05) is 0 Å². The minimum atomic E-state index is -0.881. The first-order valence-corrected chi connectivity index (χ1v) is 4.33. The van der Waals surface area contributed by atoms with E-state index in [4.69, 9.17) is 9.84 Å². The highest BCUT2D eigenvalue weighted by Crippen LogP contribution is 2.19. The van der Waals surface area contributed by atoms with Crippen molar-refractivity contribution in [2.75, 3.05) is 7.11 Å². The molecule has 0 bridgehead atoms. The van der Waals surface area contributed by atoms with Crippen molar-refractivity contribution in [1.29, 1.82) is 0 Å². The highest BCUT2D eigenvalue weighted by atomic mass is 79.9. The van der Waals surface area contributed by atoms with Crippen molar-refractivity contribution in [3.63, 3.8) is 0 Å². The van der Waals surface area contributed by atoms with Crippen LogP contribution in [-0.2, 0) is 11.2 Å². The third-order valence-corrected chi connectivity index (χ3v) is 2.17. The number of aliphatic carboxylic acids is 1. The van der Waals surface area contributed by atoms with E-state index in [0.717, 1.165) is 0 Å². The van der Waals surface area contributed by atoms with E-state index >= 15 is 0 Å². The van der Waals surface area contributed by atoms with Crippen LogP contribution in [0.1, 0.15) is 5.56 Å². The van der Waals surface area contributed by atoms with E-state index in [1.807, 2.05) is 0 Å². The molecule has 0 aromatic carbocycles. The Morgan fingerprint density at radius 2 is 2.46 bits per heavy atom. The van der Waals surface area contributed by atoms with Crippen molar-refractivity contribution in [3.05, 3.63) is 22.3 Å². The van der Waals surface area contributed by atoms with E-state index in [9.17, 15) is 4.79 Å². The normalized spacial score (nSPS) is 9.69. The predicted octanol–water partition coefficient (Wildman–Crippen LogP) is 1.48. The van der Waals surface area contributed by atoms with Gasteiger partial charge >= 0.3 is 5.97 Å². The number of carbonyl (C=O) groups is 1. The lowest BCUT2D eigenvalue weighted by Gasteiger charge is -2.03. The first kappa shape index (κ1) is 9.98. The minimum absolute atomic E-state index is 0.0422. The first-order chi connectivity index (χ1) is 6.13. The van der Waals surface area contributed by atoms with Gasteiger partial charge in [0.2, 0.25) is 5.88 Å². The van der Waals surface area contributed by atoms with Gasteiger partial charge in [-0.2, -0.15) is 0 Å². The summed E-state index contributed by atoms with van der Waals surface area (Å²) in [5.74, 6) is -0.464. The van der Waals surface area contributed by atoms with E-state index in [0.29, 0.717) is 15.9 Å². The summed E-state index contributed by atoms with van der Waals surface area (Å²) in [6.07, 6.45) is 1.48. The maximum absolute atomic E-state index is 10.4. The zero-order chi connectivity index (χ0) is 9.84. The van der Waals surface area contributed by atoms with Gasteiger partial charge < -0.3 is 9.84 Å². The Kier molecular flexibility index (Phi) is 3.25. The van der Waals surface area contributed by atoms with Crippen molar-refractivity contribution in [2.24, 2.45) is 0 Å². The molecule has 0 saturated carbocycles. The van der Waals surface area contributed by atoms with Crippen molar-refractivity contribution in [3.8, 4) is 5.88 Å². The number of aromatic nitrogens is 1. The van der Waals surface area contributed by atoms with Gasteiger partial charge in [0.25, 0.3) is 0 Å². The maximum Gasteiger partial charge on any atom is 0.307 e. The Balaban J connectivity index is 2.96. The lowest BCUT2D eigenvalue weighted by atomic mass is 10.2. The second kappa shape index (κ2) is 4.23. The van der Waals surface area contributed by atoms with E-state index in [1.165, 1.54) is 13.3 Å². The summed E-state index contributed by atoms with van der Waals surface area (Å²) in [6, 6.07) is 1.60. The smallest absolute Gasteiger partial charge is 0.307 e. The third-order valence-electron chi connectivity index (χ3n) is 1.46. The molecule has 4 nitrogen and oxygen atoms in total. The number of hydrogen-bond donors (Lipinski definition) is 1. The van der Waals surface area contributed by atoms with Crippen LogP contribution in [0.15, 0.2) is 16.7 Å². The standard InChI is InChI=1S/C8H8BrNO3/c1-13-7-2-5(3-8(11)12)6(9)4-10-7/h2,4H,3H2,1H3,(H,11,12). The predicted molar refractivity (Wildman–Crippen MR) is 49.8 cm³/mol. The van der Waals surface area contributed by atoms with Gasteiger partial charge in [0, 0.05) is 16.7 Å². The highest BCUT2D eigenvalue weighted by Gasteiger charge is 2.06. The molecule has 0 aliphatic rings. The maximum atomic E-state index is 10.4. The van der Waals surface area contributed by atoms with E-state index < -0.39 is 5.97 Å². The number of halogens is 1. The summed E-state index contributed by atoms with van der Waals surface area (Å²) in [5, 5.41) is 8.57. The Labute approximate surface area is 83.7 Å². The van der Waals surface area contributed by atoms with Crippen molar-refractivity contribution in [1.82, 2.24) is 4.98 Å². The van der Waals surface area contributed by atoms with Crippen molar-refractivity contribution >= 4 is 21.9 Å². The topological polar surface area (TPSA) is 59.4 Å². The van der Waals surface area contributed by atoms with E-state index in [-0.39, 0.29) is 6.42 Å². The average molecular weight is 246 g/mol. The largest absolute Gasteiger partial charge is 0.481 e. The van der Waals surface area contributed by atoms with Gasteiger partial charge in [0.15, 0.2) is 0 Å². The molecule has 0 amide bonds. The molecule has 0 fully saturated rings. The van der Waals surface area contributed by atoms with Gasteiger partial charge in [-0.15, -0.1) is 0 Å². The van der Waals surface area contributed by atoms with Gasteiger partial charge in [-0.3, -0.25) is 4.79 Å². The van der Waals surface area contributed by atoms with Crippen molar-refractivity contribution < 1.29 is 14.6 Å². The SMILES string of the molecule is COc1cc(CC(=O)O)c(Br)cn1. The highest BCUT2D eigenvalue weighted by molar-refractivity contribution is 9.10. The molecule has 0 aliphatic heterocycles. The minimum Gasteiger partial charge on any atom is -0.481 e. The number of hydrogen-bond acceptors (Lipinski definition) is 3. The monoisotopic (exact) mass is 245 g/mol. The lowest BCUT2D eigenvalue weighted by molar-refractivity contribution is -0.136. The van der Waals surface area contributed by atoms with Crippen LogP contribution in [-0.4, -0.2) is 23.2 Å². The molecule has 0 saturated heterocycles.